The predicted molar refractivity (Wildman–Crippen MR) is 119 cm³/mol. The molecule has 0 atom stereocenters. The lowest BCUT2D eigenvalue weighted by Gasteiger charge is -2.16. The zero-order valence-electron chi connectivity index (χ0n) is 17.8. The maximum absolute atomic E-state index is 14.7. The van der Waals surface area contributed by atoms with E-state index in [1.165, 1.54) is 12.8 Å². The molecule has 0 heterocycles. The molecule has 2 N–H and O–H groups in total. The standard InChI is InChI=1S/C25H28FN3O/c1-16-14-22(17(2)12-20(16)13-18(3)25(30)28-11-10-27)19-8-9-24(23(26)15-19)29-21-6-4-5-7-21/h8-9,12-15,21,29H,4-7,11H2,1-3H3,(H,28,30). The smallest absolute Gasteiger partial charge is 0.247 e. The molecule has 0 aromatic heterocycles. The van der Waals surface area contributed by atoms with Crippen molar-refractivity contribution >= 4 is 17.7 Å². The summed E-state index contributed by atoms with van der Waals surface area (Å²) in [5.74, 6) is -0.490. The second-order valence-electron chi connectivity index (χ2n) is 8.01. The molecule has 0 spiro atoms. The third-order valence-electron chi connectivity index (χ3n) is 5.67. The van der Waals surface area contributed by atoms with Gasteiger partial charge in [-0.3, -0.25) is 4.79 Å². The second kappa shape index (κ2) is 9.58. The van der Waals surface area contributed by atoms with Gasteiger partial charge in [-0.05, 0) is 79.6 Å². The monoisotopic (exact) mass is 405 g/mol. The average Bonchev–Trinajstić information content (AvgIpc) is 3.23. The fourth-order valence-corrected chi connectivity index (χ4v) is 3.95. The van der Waals surface area contributed by atoms with Gasteiger partial charge < -0.3 is 10.6 Å². The van der Waals surface area contributed by atoms with E-state index < -0.39 is 0 Å². The van der Waals surface area contributed by atoms with Crippen molar-refractivity contribution in [3.05, 3.63) is 58.4 Å². The highest BCUT2D eigenvalue weighted by atomic mass is 19.1. The Morgan fingerprint density at radius 3 is 2.60 bits per heavy atom. The summed E-state index contributed by atoms with van der Waals surface area (Å²) < 4.78 is 14.7. The van der Waals surface area contributed by atoms with E-state index in [4.69, 9.17) is 5.26 Å². The van der Waals surface area contributed by atoms with Crippen LogP contribution in [0.15, 0.2) is 35.9 Å². The Morgan fingerprint density at radius 1 is 1.20 bits per heavy atom. The third-order valence-corrected chi connectivity index (χ3v) is 5.67. The largest absolute Gasteiger partial charge is 0.380 e. The van der Waals surface area contributed by atoms with Crippen LogP contribution in [0.25, 0.3) is 17.2 Å². The Hall–Kier alpha value is -3.13. The van der Waals surface area contributed by atoms with E-state index >= 15 is 0 Å². The molecule has 1 aliphatic rings. The molecular formula is C25H28FN3O. The summed E-state index contributed by atoms with van der Waals surface area (Å²) in [4.78, 5) is 12.0. The molecule has 2 aromatic rings. The Bertz CT molecular complexity index is 1010. The number of nitriles is 1. The van der Waals surface area contributed by atoms with Crippen molar-refractivity contribution < 1.29 is 9.18 Å². The van der Waals surface area contributed by atoms with E-state index in [1.807, 2.05) is 50.3 Å². The Morgan fingerprint density at radius 2 is 1.93 bits per heavy atom. The number of rotatable bonds is 6. The normalized spacial score (nSPS) is 14.4. The Labute approximate surface area is 177 Å². The van der Waals surface area contributed by atoms with E-state index in [0.29, 0.717) is 17.3 Å². The fraction of sp³-hybridized carbons (Fsp3) is 0.360. The summed E-state index contributed by atoms with van der Waals surface area (Å²) in [5.41, 5.74) is 5.85. The molecule has 2 aromatic carbocycles. The summed E-state index contributed by atoms with van der Waals surface area (Å²) in [6, 6.07) is 11.7. The lowest BCUT2D eigenvalue weighted by atomic mass is 9.94. The minimum atomic E-state index is -0.259. The van der Waals surface area contributed by atoms with E-state index in [1.54, 1.807) is 13.0 Å². The maximum atomic E-state index is 14.7. The van der Waals surface area contributed by atoms with Gasteiger partial charge in [-0.1, -0.05) is 31.0 Å². The van der Waals surface area contributed by atoms with Crippen molar-refractivity contribution in [2.75, 3.05) is 11.9 Å². The molecule has 1 saturated carbocycles. The molecule has 1 amide bonds. The van der Waals surface area contributed by atoms with Gasteiger partial charge in [0.1, 0.15) is 12.4 Å². The van der Waals surface area contributed by atoms with Crippen LogP contribution in [0, 0.1) is 31.0 Å². The van der Waals surface area contributed by atoms with Crippen LogP contribution in [0.4, 0.5) is 10.1 Å². The predicted octanol–water partition coefficient (Wildman–Crippen LogP) is 5.51. The van der Waals surface area contributed by atoms with Gasteiger partial charge in [-0.15, -0.1) is 0 Å². The zero-order chi connectivity index (χ0) is 21.7. The number of hydrogen-bond acceptors (Lipinski definition) is 3. The molecule has 1 aliphatic carbocycles. The molecule has 156 valence electrons. The van der Waals surface area contributed by atoms with Gasteiger partial charge in [-0.2, -0.15) is 5.26 Å². The molecule has 0 saturated heterocycles. The summed E-state index contributed by atoms with van der Waals surface area (Å²) in [5, 5.41) is 14.5. The topological polar surface area (TPSA) is 64.9 Å². The molecule has 3 rings (SSSR count). The minimum absolute atomic E-state index is 0.0157. The molecule has 0 aliphatic heterocycles. The van der Waals surface area contributed by atoms with Gasteiger partial charge in [0.25, 0.3) is 0 Å². The van der Waals surface area contributed by atoms with Crippen LogP contribution in [0.5, 0.6) is 0 Å². The van der Waals surface area contributed by atoms with Gasteiger partial charge >= 0.3 is 0 Å². The van der Waals surface area contributed by atoms with E-state index in [9.17, 15) is 9.18 Å². The maximum Gasteiger partial charge on any atom is 0.247 e. The van der Waals surface area contributed by atoms with Crippen LogP contribution < -0.4 is 10.6 Å². The summed E-state index contributed by atoms with van der Waals surface area (Å²) >= 11 is 0. The first-order valence-electron chi connectivity index (χ1n) is 10.4. The number of nitrogens with zero attached hydrogens (tertiary/aromatic N) is 1. The summed E-state index contributed by atoms with van der Waals surface area (Å²) in [6.45, 7) is 5.67. The highest BCUT2D eigenvalue weighted by Crippen LogP contribution is 2.31. The number of carbonyl (C=O) groups excluding carboxylic acids is 1. The van der Waals surface area contributed by atoms with Crippen molar-refractivity contribution in [3.63, 3.8) is 0 Å². The van der Waals surface area contributed by atoms with Gasteiger partial charge in [0.2, 0.25) is 5.91 Å². The number of benzene rings is 2. The van der Waals surface area contributed by atoms with Crippen molar-refractivity contribution in [3.8, 4) is 17.2 Å². The highest BCUT2D eigenvalue weighted by molar-refractivity contribution is 5.97. The number of carbonyl (C=O) groups is 1. The van der Waals surface area contributed by atoms with E-state index in [0.717, 1.165) is 40.7 Å². The number of amides is 1. The SMILES string of the molecule is CC(=Cc1cc(C)c(-c2ccc(NC3CCCC3)c(F)c2)cc1C)C(=O)NCC#N. The first-order valence-corrected chi connectivity index (χ1v) is 10.4. The number of anilines is 1. The van der Waals surface area contributed by atoms with Crippen LogP contribution in [0.3, 0.4) is 0 Å². The number of nitrogens with one attached hydrogen (secondary N) is 2. The van der Waals surface area contributed by atoms with Crippen LogP contribution in [0.2, 0.25) is 0 Å². The summed E-state index contributed by atoms with van der Waals surface area (Å²) in [6.07, 6.45) is 6.42. The summed E-state index contributed by atoms with van der Waals surface area (Å²) in [7, 11) is 0. The van der Waals surface area contributed by atoms with Crippen molar-refractivity contribution in [1.29, 1.82) is 5.26 Å². The first-order chi connectivity index (χ1) is 14.4. The Kier molecular flexibility index (Phi) is 6.89. The minimum Gasteiger partial charge on any atom is -0.380 e. The van der Waals surface area contributed by atoms with Crippen molar-refractivity contribution in [2.45, 2.75) is 52.5 Å². The molecule has 5 heteroatoms. The highest BCUT2D eigenvalue weighted by Gasteiger charge is 2.17. The lowest BCUT2D eigenvalue weighted by Crippen LogP contribution is -2.24. The molecule has 0 unspecified atom stereocenters. The van der Waals surface area contributed by atoms with Crippen LogP contribution in [-0.2, 0) is 4.79 Å². The van der Waals surface area contributed by atoms with Crippen molar-refractivity contribution in [1.82, 2.24) is 5.32 Å². The van der Waals surface area contributed by atoms with Crippen LogP contribution in [0.1, 0.15) is 49.3 Å². The zero-order valence-corrected chi connectivity index (χ0v) is 17.8. The molecule has 0 radical (unpaired) electrons. The van der Waals surface area contributed by atoms with E-state index in [2.05, 4.69) is 10.6 Å². The number of aryl methyl sites for hydroxylation is 2. The molecular weight excluding hydrogens is 377 g/mol. The lowest BCUT2D eigenvalue weighted by molar-refractivity contribution is -0.117. The molecule has 30 heavy (non-hydrogen) atoms. The number of halogens is 1. The quantitative estimate of drug-likeness (QED) is 0.492. The van der Waals surface area contributed by atoms with Gasteiger partial charge in [0.15, 0.2) is 0 Å². The van der Waals surface area contributed by atoms with Gasteiger partial charge in [0.05, 0.1) is 11.8 Å². The van der Waals surface area contributed by atoms with Crippen LogP contribution in [-0.4, -0.2) is 18.5 Å². The van der Waals surface area contributed by atoms with Crippen molar-refractivity contribution in [2.24, 2.45) is 0 Å². The van der Waals surface area contributed by atoms with Gasteiger partial charge in [0, 0.05) is 11.6 Å². The van der Waals surface area contributed by atoms with E-state index in [-0.39, 0.29) is 18.3 Å². The fourth-order valence-electron chi connectivity index (χ4n) is 3.95. The first kappa shape index (κ1) is 21.6. The molecule has 1 fully saturated rings. The second-order valence-corrected chi connectivity index (χ2v) is 8.01. The number of hydrogen-bond donors (Lipinski definition) is 2. The Balaban J connectivity index is 1.83. The molecule has 4 nitrogen and oxygen atoms in total. The third kappa shape index (κ3) is 5.07. The van der Waals surface area contributed by atoms with Crippen LogP contribution >= 0.6 is 0 Å². The van der Waals surface area contributed by atoms with Gasteiger partial charge in [-0.25, -0.2) is 4.39 Å². The molecule has 0 bridgehead atoms. The average molecular weight is 406 g/mol.